The lowest BCUT2D eigenvalue weighted by Crippen LogP contribution is -2.13. The van der Waals surface area contributed by atoms with Crippen molar-refractivity contribution in [3.05, 3.63) is 40.7 Å². The van der Waals surface area contributed by atoms with Gasteiger partial charge in [-0.1, -0.05) is 11.6 Å². The zero-order valence-corrected chi connectivity index (χ0v) is 13.0. The molecule has 1 aromatic heterocycles. The van der Waals surface area contributed by atoms with Gasteiger partial charge in [0, 0.05) is 0 Å². The van der Waals surface area contributed by atoms with E-state index in [1.54, 1.807) is 36.1 Å². The molecule has 0 radical (unpaired) electrons. The number of hydrogen-bond donors (Lipinski definition) is 0. The third-order valence-electron chi connectivity index (χ3n) is 3.11. The Morgan fingerprint density at radius 1 is 1.24 bits per heavy atom. The third kappa shape index (κ3) is 3.76. The number of rotatable bonds is 5. The summed E-state index contributed by atoms with van der Waals surface area (Å²) in [6.45, 7) is 4.15. The van der Waals surface area contributed by atoms with Gasteiger partial charge in [0.05, 0.1) is 36.5 Å². The molecule has 5 nitrogen and oxygen atoms in total. The van der Waals surface area contributed by atoms with Crippen LogP contribution < -0.4 is 9.47 Å². The maximum absolute atomic E-state index is 11.8. The normalized spacial score (nSPS) is 10.5. The number of halogens is 1. The number of ether oxygens (including phenoxy) is 2. The van der Waals surface area contributed by atoms with E-state index >= 15 is 0 Å². The second-order valence-corrected chi connectivity index (χ2v) is 4.99. The van der Waals surface area contributed by atoms with Crippen LogP contribution in [0.25, 0.3) is 0 Å². The summed E-state index contributed by atoms with van der Waals surface area (Å²) < 4.78 is 12.0. The van der Waals surface area contributed by atoms with Crippen molar-refractivity contribution in [2.75, 3.05) is 7.11 Å². The summed E-state index contributed by atoms with van der Waals surface area (Å²) >= 11 is 6.06. The molecule has 0 spiro atoms. The van der Waals surface area contributed by atoms with Crippen LogP contribution in [-0.4, -0.2) is 22.9 Å². The first-order valence-corrected chi connectivity index (χ1v) is 6.93. The minimum absolute atomic E-state index is 0.227. The fourth-order valence-electron chi connectivity index (χ4n) is 1.92. The minimum atomic E-state index is -0.316. The van der Waals surface area contributed by atoms with E-state index in [-0.39, 0.29) is 12.4 Å². The van der Waals surface area contributed by atoms with Gasteiger partial charge in [-0.05, 0) is 38.1 Å². The molecule has 0 aliphatic heterocycles. The Balaban J connectivity index is 1.91. The summed E-state index contributed by atoms with van der Waals surface area (Å²) in [5, 5.41) is 4.91. The molecule has 0 amide bonds. The molecular formula is C15H17ClN2O3. The monoisotopic (exact) mass is 308 g/mol. The first kappa shape index (κ1) is 15.4. The Labute approximate surface area is 128 Å². The van der Waals surface area contributed by atoms with Crippen molar-refractivity contribution in [2.45, 2.75) is 26.8 Å². The quantitative estimate of drug-likeness (QED) is 0.629. The highest BCUT2D eigenvalue weighted by atomic mass is 35.5. The maximum Gasteiger partial charge on any atom is 0.313 e. The molecule has 0 fully saturated rings. The Morgan fingerprint density at radius 3 is 2.38 bits per heavy atom. The standard InChI is InChI=1S/C15H17ClN2O3/c1-10-15(16)11(2)18(17-10)9-8-14(19)21-13-6-4-12(20-3)5-7-13/h4-7H,8-9H2,1-3H3. The van der Waals surface area contributed by atoms with Crippen LogP contribution in [0.3, 0.4) is 0 Å². The molecule has 0 N–H and O–H groups in total. The van der Waals surface area contributed by atoms with Crippen LogP contribution in [0.4, 0.5) is 0 Å². The molecule has 2 rings (SSSR count). The number of aromatic nitrogens is 2. The first-order valence-electron chi connectivity index (χ1n) is 6.55. The highest BCUT2D eigenvalue weighted by molar-refractivity contribution is 6.31. The summed E-state index contributed by atoms with van der Waals surface area (Å²) in [6.07, 6.45) is 0.227. The average Bonchev–Trinajstić information content (AvgIpc) is 2.73. The smallest absolute Gasteiger partial charge is 0.313 e. The van der Waals surface area contributed by atoms with Gasteiger partial charge >= 0.3 is 5.97 Å². The number of aryl methyl sites for hydroxylation is 2. The fraction of sp³-hybridized carbons (Fsp3) is 0.333. The number of esters is 1. The average molecular weight is 309 g/mol. The lowest BCUT2D eigenvalue weighted by molar-refractivity contribution is -0.134. The van der Waals surface area contributed by atoms with Gasteiger partial charge in [-0.3, -0.25) is 9.48 Å². The highest BCUT2D eigenvalue weighted by Gasteiger charge is 2.11. The van der Waals surface area contributed by atoms with Gasteiger partial charge in [0.15, 0.2) is 0 Å². The molecule has 0 aliphatic carbocycles. The van der Waals surface area contributed by atoms with Crippen LogP contribution in [0.2, 0.25) is 5.02 Å². The molecule has 0 aliphatic rings. The number of methoxy groups -OCH3 is 1. The molecular weight excluding hydrogens is 292 g/mol. The molecule has 6 heteroatoms. The van der Waals surface area contributed by atoms with Gasteiger partial charge in [-0.15, -0.1) is 0 Å². The van der Waals surface area contributed by atoms with Crippen molar-refractivity contribution >= 4 is 17.6 Å². The molecule has 21 heavy (non-hydrogen) atoms. The largest absolute Gasteiger partial charge is 0.497 e. The molecule has 1 aromatic carbocycles. The predicted octanol–water partition coefficient (Wildman–Crippen LogP) is 3.16. The summed E-state index contributed by atoms with van der Waals surface area (Å²) in [5.74, 6) is 0.892. The molecule has 2 aromatic rings. The Bertz CT molecular complexity index is 635. The molecule has 1 heterocycles. The topological polar surface area (TPSA) is 53.4 Å². The summed E-state index contributed by atoms with van der Waals surface area (Å²) in [7, 11) is 1.58. The van der Waals surface area contributed by atoms with Gasteiger partial charge in [0.2, 0.25) is 0 Å². The summed E-state index contributed by atoms with van der Waals surface area (Å²) in [6, 6.07) is 6.86. The van der Waals surface area contributed by atoms with E-state index in [9.17, 15) is 4.79 Å². The maximum atomic E-state index is 11.8. The SMILES string of the molecule is COc1ccc(OC(=O)CCn2nc(C)c(Cl)c2C)cc1. The number of benzene rings is 1. The van der Waals surface area contributed by atoms with Crippen LogP contribution in [0.5, 0.6) is 11.5 Å². The van der Waals surface area contributed by atoms with E-state index in [0.29, 0.717) is 23.1 Å². The van der Waals surface area contributed by atoms with Crippen LogP contribution in [0.15, 0.2) is 24.3 Å². The zero-order valence-electron chi connectivity index (χ0n) is 12.2. The Hall–Kier alpha value is -2.01. The minimum Gasteiger partial charge on any atom is -0.497 e. The van der Waals surface area contributed by atoms with Crippen molar-refractivity contribution < 1.29 is 14.3 Å². The van der Waals surface area contributed by atoms with Gasteiger partial charge in [0.25, 0.3) is 0 Å². The van der Waals surface area contributed by atoms with Crippen LogP contribution >= 0.6 is 11.6 Å². The van der Waals surface area contributed by atoms with Gasteiger partial charge in [0.1, 0.15) is 11.5 Å². The molecule has 0 atom stereocenters. The van der Waals surface area contributed by atoms with Gasteiger partial charge < -0.3 is 9.47 Å². The Morgan fingerprint density at radius 2 is 1.86 bits per heavy atom. The summed E-state index contributed by atoms with van der Waals surface area (Å²) in [4.78, 5) is 11.8. The second-order valence-electron chi connectivity index (χ2n) is 4.61. The van der Waals surface area contributed by atoms with Crippen molar-refractivity contribution in [2.24, 2.45) is 0 Å². The number of carbonyl (C=O) groups excluding carboxylic acids is 1. The predicted molar refractivity (Wildman–Crippen MR) is 80.0 cm³/mol. The van der Waals surface area contributed by atoms with Crippen molar-refractivity contribution in [3.63, 3.8) is 0 Å². The van der Waals surface area contributed by atoms with E-state index in [1.165, 1.54) is 0 Å². The third-order valence-corrected chi connectivity index (χ3v) is 3.66. The van der Waals surface area contributed by atoms with Crippen LogP contribution in [0, 0.1) is 13.8 Å². The van der Waals surface area contributed by atoms with E-state index < -0.39 is 0 Å². The van der Waals surface area contributed by atoms with Gasteiger partial charge in [-0.2, -0.15) is 5.10 Å². The van der Waals surface area contributed by atoms with Crippen molar-refractivity contribution in [1.29, 1.82) is 0 Å². The van der Waals surface area contributed by atoms with E-state index in [4.69, 9.17) is 21.1 Å². The van der Waals surface area contributed by atoms with E-state index in [0.717, 1.165) is 11.4 Å². The van der Waals surface area contributed by atoms with E-state index in [2.05, 4.69) is 5.10 Å². The second kappa shape index (κ2) is 6.63. The first-order chi connectivity index (χ1) is 10.0. The van der Waals surface area contributed by atoms with Crippen molar-refractivity contribution in [1.82, 2.24) is 9.78 Å². The molecule has 0 unspecified atom stereocenters. The Kier molecular flexibility index (Phi) is 4.85. The van der Waals surface area contributed by atoms with Crippen molar-refractivity contribution in [3.8, 4) is 11.5 Å². The number of nitrogens with zero attached hydrogens (tertiary/aromatic N) is 2. The van der Waals surface area contributed by atoms with Crippen LogP contribution in [0.1, 0.15) is 17.8 Å². The number of carbonyl (C=O) groups is 1. The molecule has 0 saturated heterocycles. The van der Waals surface area contributed by atoms with E-state index in [1.807, 2.05) is 13.8 Å². The molecule has 112 valence electrons. The summed E-state index contributed by atoms with van der Waals surface area (Å²) in [5.41, 5.74) is 1.61. The van der Waals surface area contributed by atoms with Gasteiger partial charge in [-0.25, -0.2) is 0 Å². The molecule has 0 saturated carbocycles. The lowest BCUT2D eigenvalue weighted by Gasteiger charge is -2.06. The lowest BCUT2D eigenvalue weighted by atomic mass is 10.3. The number of hydrogen-bond acceptors (Lipinski definition) is 4. The highest BCUT2D eigenvalue weighted by Crippen LogP contribution is 2.20. The molecule has 0 bridgehead atoms. The van der Waals surface area contributed by atoms with Crippen LogP contribution in [-0.2, 0) is 11.3 Å². The fourth-order valence-corrected chi connectivity index (χ4v) is 2.05. The zero-order chi connectivity index (χ0) is 15.4.